The van der Waals surface area contributed by atoms with Crippen LogP contribution in [0.4, 0.5) is 4.79 Å². The van der Waals surface area contributed by atoms with Crippen LogP contribution in [0, 0.1) is 0 Å². The van der Waals surface area contributed by atoms with Crippen molar-refractivity contribution in [1.82, 2.24) is 5.32 Å². The second-order valence-corrected chi connectivity index (χ2v) is 8.85. The maximum Gasteiger partial charge on any atom is 0.415 e. The van der Waals surface area contributed by atoms with Gasteiger partial charge >= 0.3 is 6.09 Å². The average molecular weight is 498 g/mol. The number of hydrogen-bond donors (Lipinski definition) is 1. The van der Waals surface area contributed by atoms with Gasteiger partial charge in [-0.15, -0.1) is 0 Å². The Morgan fingerprint density at radius 2 is 1.74 bits per heavy atom. The van der Waals surface area contributed by atoms with E-state index in [1.54, 1.807) is 60.7 Å². The van der Waals surface area contributed by atoms with Crippen molar-refractivity contribution < 1.29 is 23.9 Å². The van der Waals surface area contributed by atoms with Crippen molar-refractivity contribution in [2.75, 3.05) is 0 Å². The van der Waals surface area contributed by atoms with Crippen LogP contribution in [0.3, 0.4) is 0 Å². The highest BCUT2D eigenvalue weighted by Crippen LogP contribution is 2.34. The molecule has 0 aromatic heterocycles. The van der Waals surface area contributed by atoms with Crippen LogP contribution < -0.4 is 10.1 Å². The summed E-state index contributed by atoms with van der Waals surface area (Å²) >= 11 is 12.0. The summed E-state index contributed by atoms with van der Waals surface area (Å²) in [4.78, 5) is 36.8. The molecule has 0 unspecified atom stereocenters. The molecule has 4 rings (SSSR count). The van der Waals surface area contributed by atoms with E-state index in [9.17, 15) is 14.4 Å². The van der Waals surface area contributed by atoms with E-state index >= 15 is 0 Å². The highest BCUT2D eigenvalue weighted by Gasteiger charge is 2.46. The quantitative estimate of drug-likeness (QED) is 0.379. The zero-order valence-corrected chi connectivity index (χ0v) is 20.0. The summed E-state index contributed by atoms with van der Waals surface area (Å²) in [5, 5.41) is 2.85. The van der Waals surface area contributed by atoms with Gasteiger partial charge in [-0.3, -0.25) is 14.9 Å². The maximum absolute atomic E-state index is 13.0. The number of aryl methyl sites for hydroxylation is 1. The molecule has 1 fully saturated rings. The van der Waals surface area contributed by atoms with Crippen LogP contribution >= 0.6 is 23.2 Å². The predicted octanol–water partition coefficient (Wildman–Crippen LogP) is 6.45. The standard InChI is InChI=1S/C26H21Cl2NO5/c1-3-5-15-12-16(23(30)17-8-10-20(27)21(28)13-17)9-11-22(15)33-19-7-4-6-18(14-19)26(2)24(31)29-25(32)34-26/h4,6-14H,3,5H2,1-2H3,(H,29,31,32)/t26-/m1/s1. The van der Waals surface area contributed by atoms with E-state index in [0.717, 1.165) is 12.0 Å². The highest BCUT2D eigenvalue weighted by molar-refractivity contribution is 6.42. The molecule has 1 saturated heterocycles. The van der Waals surface area contributed by atoms with E-state index in [4.69, 9.17) is 32.7 Å². The van der Waals surface area contributed by atoms with Crippen molar-refractivity contribution in [2.45, 2.75) is 32.3 Å². The van der Waals surface area contributed by atoms with Gasteiger partial charge in [0, 0.05) is 16.7 Å². The summed E-state index contributed by atoms with van der Waals surface area (Å²) in [5.74, 6) is 0.344. The fourth-order valence-corrected chi connectivity index (χ4v) is 4.03. The van der Waals surface area contributed by atoms with Gasteiger partial charge in [-0.25, -0.2) is 4.79 Å². The molecular weight excluding hydrogens is 477 g/mol. The largest absolute Gasteiger partial charge is 0.457 e. The van der Waals surface area contributed by atoms with Gasteiger partial charge < -0.3 is 9.47 Å². The van der Waals surface area contributed by atoms with E-state index in [0.29, 0.717) is 44.7 Å². The number of carbonyl (C=O) groups is 3. The van der Waals surface area contributed by atoms with E-state index in [2.05, 4.69) is 5.32 Å². The van der Waals surface area contributed by atoms with E-state index in [1.807, 2.05) is 6.92 Å². The van der Waals surface area contributed by atoms with Gasteiger partial charge in [0.25, 0.3) is 5.91 Å². The molecule has 2 amide bonds. The monoisotopic (exact) mass is 497 g/mol. The van der Waals surface area contributed by atoms with Crippen molar-refractivity contribution in [1.29, 1.82) is 0 Å². The number of carbonyl (C=O) groups excluding carboxylic acids is 3. The van der Waals surface area contributed by atoms with Crippen LogP contribution in [0.25, 0.3) is 0 Å². The molecule has 0 radical (unpaired) electrons. The molecule has 1 heterocycles. The van der Waals surface area contributed by atoms with Gasteiger partial charge in [-0.1, -0.05) is 48.7 Å². The Kier molecular flexibility index (Phi) is 6.64. The lowest BCUT2D eigenvalue weighted by molar-refractivity contribution is -0.130. The molecule has 6 nitrogen and oxygen atoms in total. The Labute approximate surface area is 206 Å². The fraction of sp³-hybridized carbons (Fsp3) is 0.192. The molecule has 3 aromatic rings. The normalized spacial score (nSPS) is 17.3. The number of imide groups is 1. The molecule has 174 valence electrons. The van der Waals surface area contributed by atoms with E-state index < -0.39 is 17.6 Å². The van der Waals surface area contributed by atoms with Crippen molar-refractivity contribution in [2.24, 2.45) is 0 Å². The molecule has 1 aliphatic rings. The number of cyclic esters (lactones) is 1. The third-order valence-corrected chi connectivity index (χ3v) is 6.32. The van der Waals surface area contributed by atoms with Crippen molar-refractivity contribution >= 4 is 41.0 Å². The Hall–Kier alpha value is -3.35. The van der Waals surface area contributed by atoms with Crippen LogP contribution in [0.1, 0.15) is 47.3 Å². The van der Waals surface area contributed by atoms with Gasteiger partial charge in [0.15, 0.2) is 5.78 Å². The lowest BCUT2D eigenvalue weighted by Gasteiger charge is -2.20. The minimum Gasteiger partial charge on any atom is -0.457 e. The zero-order valence-electron chi connectivity index (χ0n) is 18.5. The molecule has 1 aliphatic heterocycles. The van der Waals surface area contributed by atoms with Crippen molar-refractivity contribution in [3.63, 3.8) is 0 Å². The fourth-order valence-electron chi connectivity index (χ4n) is 3.73. The number of benzene rings is 3. The second kappa shape index (κ2) is 9.49. The van der Waals surface area contributed by atoms with Gasteiger partial charge in [-0.05, 0) is 67.4 Å². The van der Waals surface area contributed by atoms with Gasteiger partial charge in [0.1, 0.15) is 11.5 Å². The maximum atomic E-state index is 13.0. The first-order chi connectivity index (χ1) is 16.2. The van der Waals surface area contributed by atoms with Gasteiger partial charge in [-0.2, -0.15) is 0 Å². The van der Waals surface area contributed by atoms with Crippen LogP contribution in [-0.4, -0.2) is 17.8 Å². The molecule has 34 heavy (non-hydrogen) atoms. The highest BCUT2D eigenvalue weighted by atomic mass is 35.5. The topological polar surface area (TPSA) is 81.7 Å². The Bertz CT molecular complexity index is 1310. The predicted molar refractivity (Wildman–Crippen MR) is 129 cm³/mol. The minimum absolute atomic E-state index is 0.175. The molecule has 8 heteroatoms. The number of alkyl carbamates (subject to hydrolysis) is 1. The molecule has 3 aromatic carbocycles. The number of nitrogens with one attached hydrogen (secondary N) is 1. The Morgan fingerprint density at radius 3 is 2.41 bits per heavy atom. The van der Waals surface area contributed by atoms with Gasteiger partial charge in [0.2, 0.25) is 5.60 Å². The number of ketones is 1. The average Bonchev–Trinajstić information content (AvgIpc) is 3.08. The smallest absolute Gasteiger partial charge is 0.415 e. The second-order valence-electron chi connectivity index (χ2n) is 8.04. The van der Waals surface area contributed by atoms with Crippen LogP contribution in [0.2, 0.25) is 10.0 Å². The lowest BCUT2D eigenvalue weighted by atomic mass is 9.95. The van der Waals surface area contributed by atoms with Gasteiger partial charge in [0.05, 0.1) is 10.0 Å². The third-order valence-electron chi connectivity index (χ3n) is 5.58. The number of amides is 2. The molecule has 0 spiro atoms. The number of rotatable bonds is 7. The van der Waals surface area contributed by atoms with Crippen LogP contribution in [-0.2, 0) is 21.6 Å². The van der Waals surface area contributed by atoms with E-state index in [1.165, 1.54) is 6.92 Å². The molecule has 0 aliphatic carbocycles. The molecular formula is C26H21Cl2NO5. The number of halogens is 2. The first-order valence-corrected chi connectivity index (χ1v) is 11.4. The van der Waals surface area contributed by atoms with Crippen LogP contribution in [0.5, 0.6) is 11.5 Å². The number of ether oxygens (including phenoxy) is 2. The molecule has 1 N–H and O–H groups in total. The summed E-state index contributed by atoms with van der Waals surface area (Å²) in [6.07, 6.45) is 0.746. The summed E-state index contributed by atoms with van der Waals surface area (Å²) in [7, 11) is 0. The lowest BCUT2D eigenvalue weighted by Crippen LogP contribution is -2.33. The van der Waals surface area contributed by atoms with Crippen molar-refractivity contribution in [3.8, 4) is 11.5 Å². The van der Waals surface area contributed by atoms with Crippen molar-refractivity contribution in [3.05, 3.63) is 93.0 Å². The Balaban J connectivity index is 1.63. The first kappa shape index (κ1) is 23.8. The van der Waals surface area contributed by atoms with Crippen LogP contribution in [0.15, 0.2) is 60.7 Å². The first-order valence-electron chi connectivity index (χ1n) is 10.7. The summed E-state index contributed by atoms with van der Waals surface area (Å²) in [5.41, 5.74) is 0.853. The third kappa shape index (κ3) is 4.65. The number of hydrogen-bond acceptors (Lipinski definition) is 5. The van der Waals surface area contributed by atoms with E-state index in [-0.39, 0.29) is 5.78 Å². The molecule has 0 bridgehead atoms. The minimum atomic E-state index is -1.43. The zero-order chi connectivity index (χ0) is 24.5. The SMILES string of the molecule is CCCc1cc(C(=O)c2ccc(Cl)c(Cl)c2)ccc1Oc1cccc([C@@]2(C)OC(=O)NC2=O)c1. The molecule has 0 saturated carbocycles. The summed E-state index contributed by atoms with van der Waals surface area (Å²) in [6, 6.07) is 16.8. The summed E-state index contributed by atoms with van der Waals surface area (Å²) < 4.78 is 11.3. The summed E-state index contributed by atoms with van der Waals surface area (Å²) in [6.45, 7) is 3.56. The Morgan fingerprint density at radius 1 is 1.00 bits per heavy atom. The molecule has 1 atom stereocenters.